The van der Waals surface area contributed by atoms with Gasteiger partial charge in [0.1, 0.15) is 17.2 Å². The summed E-state index contributed by atoms with van der Waals surface area (Å²) >= 11 is 0. The van der Waals surface area contributed by atoms with E-state index in [2.05, 4.69) is 20.6 Å². The number of nitrogens with zero attached hydrogens (tertiary/aromatic N) is 4. The molecule has 1 N–H and O–H groups in total. The van der Waals surface area contributed by atoms with E-state index < -0.39 is 0 Å². The number of anilines is 1. The Morgan fingerprint density at radius 2 is 1.79 bits per heavy atom. The standard InChI is InChI=1S/C25H27N5O3/c1-14-11-15(2)22(16(3)12-14)27-24(31)23-17(4)30(29-28-23)13-20-18(5)33-25(26-20)19-9-7-8-10-21(19)32-6/h7-12H,13H2,1-6H3,(H,27,31). The molecule has 0 fully saturated rings. The number of hydrogen-bond acceptors (Lipinski definition) is 6. The molecule has 170 valence electrons. The van der Waals surface area contributed by atoms with Gasteiger partial charge < -0.3 is 14.5 Å². The van der Waals surface area contributed by atoms with Crippen molar-refractivity contribution in [1.29, 1.82) is 0 Å². The molecule has 0 saturated heterocycles. The van der Waals surface area contributed by atoms with Crippen molar-refractivity contribution in [3.63, 3.8) is 0 Å². The maximum atomic E-state index is 12.9. The molecule has 2 aromatic heterocycles. The summed E-state index contributed by atoms with van der Waals surface area (Å²) in [4.78, 5) is 17.6. The third kappa shape index (κ3) is 4.37. The van der Waals surface area contributed by atoms with Gasteiger partial charge in [-0.25, -0.2) is 9.67 Å². The highest BCUT2D eigenvalue weighted by Crippen LogP contribution is 2.30. The molecule has 0 aliphatic rings. The Labute approximate surface area is 192 Å². The number of ether oxygens (including phenoxy) is 1. The summed E-state index contributed by atoms with van der Waals surface area (Å²) in [6, 6.07) is 11.6. The lowest BCUT2D eigenvalue weighted by Gasteiger charge is -2.12. The Morgan fingerprint density at radius 3 is 2.48 bits per heavy atom. The van der Waals surface area contributed by atoms with Gasteiger partial charge in [0.25, 0.3) is 5.91 Å². The van der Waals surface area contributed by atoms with E-state index in [0.29, 0.717) is 35.3 Å². The summed E-state index contributed by atoms with van der Waals surface area (Å²) in [5.74, 6) is 1.53. The van der Waals surface area contributed by atoms with Gasteiger partial charge in [-0.2, -0.15) is 0 Å². The minimum atomic E-state index is -0.291. The summed E-state index contributed by atoms with van der Waals surface area (Å²) in [6.45, 7) is 9.99. The normalized spacial score (nSPS) is 11.0. The van der Waals surface area contributed by atoms with E-state index in [-0.39, 0.29) is 11.6 Å². The summed E-state index contributed by atoms with van der Waals surface area (Å²) < 4.78 is 13.0. The minimum absolute atomic E-state index is 0.278. The van der Waals surface area contributed by atoms with Gasteiger partial charge in [-0.3, -0.25) is 4.79 Å². The molecular weight excluding hydrogens is 418 g/mol. The molecule has 0 unspecified atom stereocenters. The number of rotatable bonds is 6. The number of aromatic nitrogens is 4. The highest BCUT2D eigenvalue weighted by atomic mass is 16.5. The molecule has 33 heavy (non-hydrogen) atoms. The zero-order valence-electron chi connectivity index (χ0n) is 19.7. The average Bonchev–Trinajstić information content (AvgIpc) is 3.33. The third-order valence-electron chi connectivity index (χ3n) is 5.64. The Hall–Kier alpha value is -3.94. The molecule has 2 heterocycles. The van der Waals surface area contributed by atoms with E-state index in [1.807, 2.05) is 71.0 Å². The first-order chi connectivity index (χ1) is 15.8. The lowest BCUT2D eigenvalue weighted by atomic mass is 10.0. The van der Waals surface area contributed by atoms with Crippen molar-refractivity contribution < 1.29 is 13.9 Å². The fourth-order valence-electron chi connectivity index (χ4n) is 3.92. The fraction of sp³-hybridized carbons (Fsp3) is 0.280. The van der Waals surface area contributed by atoms with Gasteiger partial charge in [-0.1, -0.05) is 35.0 Å². The molecule has 2 aromatic carbocycles. The summed E-state index contributed by atoms with van der Waals surface area (Å²) in [5.41, 5.74) is 6.38. The van der Waals surface area contributed by atoms with Crippen LogP contribution in [0.15, 0.2) is 40.8 Å². The quantitative estimate of drug-likeness (QED) is 0.459. The van der Waals surface area contributed by atoms with Crippen LogP contribution in [0, 0.1) is 34.6 Å². The van der Waals surface area contributed by atoms with Crippen molar-refractivity contribution in [2.75, 3.05) is 12.4 Å². The Bertz CT molecular complexity index is 1310. The molecule has 8 nitrogen and oxygen atoms in total. The van der Waals surface area contributed by atoms with Gasteiger partial charge in [-0.15, -0.1) is 5.10 Å². The maximum absolute atomic E-state index is 12.9. The molecule has 0 saturated carbocycles. The van der Waals surface area contributed by atoms with Gasteiger partial charge >= 0.3 is 0 Å². The third-order valence-corrected chi connectivity index (χ3v) is 5.64. The highest BCUT2D eigenvalue weighted by molar-refractivity contribution is 6.04. The molecule has 0 radical (unpaired) electrons. The molecule has 4 aromatic rings. The number of carbonyl (C=O) groups is 1. The number of hydrogen-bond donors (Lipinski definition) is 1. The van der Waals surface area contributed by atoms with Gasteiger partial charge in [0.2, 0.25) is 5.89 Å². The smallest absolute Gasteiger partial charge is 0.278 e. The van der Waals surface area contributed by atoms with Crippen LogP contribution in [0.4, 0.5) is 5.69 Å². The Kier molecular flexibility index (Phi) is 6.00. The Balaban J connectivity index is 1.57. The van der Waals surface area contributed by atoms with Crippen molar-refractivity contribution in [1.82, 2.24) is 20.0 Å². The number of para-hydroxylation sites is 1. The van der Waals surface area contributed by atoms with E-state index in [4.69, 9.17) is 9.15 Å². The predicted octanol–water partition coefficient (Wildman–Crippen LogP) is 4.78. The number of methoxy groups -OCH3 is 1. The monoisotopic (exact) mass is 445 g/mol. The zero-order chi connectivity index (χ0) is 23.7. The van der Waals surface area contributed by atoms with Crippen LogP contribution in [0.25, 0.3) is 11.5 Å². The van der Waals surface area contributed by atoms with Crippen LogP contribution in [0.1, 0.15) is 44.3 Å². The SMILES string of the molecule is COc1ccccc1-c1nc(Cn2nnc(C(=O)Nc3c(C)cc(C)cc3C)c2C)c(C)o1. The molecule has 0 bridgehead atoms. The molecule has 0 aliphatic carbocycles. The first kappa shape index (κ1) is 22.3. The van der Waals surface area contributed by atoms with Crippen molar-refractivity contribution in [3.05, 3.63) is 75.9 Å². The van der Waals surface area contributed by atoms with Crippen molar-refractivity contribution >= 4 is 11.6 Å². The van der Waals surface area contributed by atoms with E-state index in [1.165, 1.54) is 0 Å². The summed E-state index contributed by atoms with van der Waals surface area (Å²) in [6.07, 6.45) is 0. The second-order valence-electron chi connectivity index (χ2n) is 8.13. The first-order valence-corrected chi connectivity index (χ1v) is 10.7. The van der Waals surface area contributed by atoms with Crippen molar-refractivity contribution in [2.45, 2.75) is 41.2 Å². The number of aryl methyl sites for hydroxylation is 4. The van der Waals surface area contributed by atoms with Crippen LogP contribution in [-0.2, 0) is 6.54 Å². The fourth-order valence-corrected chi connectivity index (χ4v) is 3.92. The number of amides is 1. The maximum Gasteiger partial charge on any atom is 0.278 e. The van der Waals surface area contributed by atoms with Crippen LogP contribution < -0.4 is 10.1 Å². The van der Waals surface area contributed by atoms with Gasteiger partial charge in [0.15, 0.2) is 5.69 Å². The zero-order valence-corrected chi connectivity index (χ0v) is 19.7. The largest absolute Gasteiger partial charge is 0.496 e. The molecule has 8 heteroatoms. The van der Waals surface area contributed by atoms with Crippen LogP contribution >= 0.6 is 0 Å². The van der Waals surface area contributed by atoms with E-state index >= 15 is 0 Å². The lowest BCUT2D eigenvalue weighted by Crippen LogP contribution is -2.16. The lowest BCUT2D eigenvalue weighted by molar-refractivity contribution is 0.102. The van der Waals surface area contributed by atoms with Crippen LogP contribution in [-0.4, -0.2) is 33.0 Å². The van der Waals surface area contributed by atoms with Gasteiger partial charge in [0.05, 0.1) is 24.9 Å². The van der Waals surface area contributed by atoms with Crippen LogP contribution in [0.3, 0.4) is 0 Å². The Morgan fingerprint density at radius 1 is 1.09 bits per heavy atom. The van der Waals surface area contributed by atoms with E-state index in [9.17, 15) is 4.79 Å². The average molecular weight is 446 g/mol. The van der Waals surface area contributed by atoms with Gasteiger partial charge in [0, 0.05) is 5.69 Å². The predicted molar refractivity (Wildman–Crippen MR) is 126 cm³/mol. The van der Waals surface area contributed by atoms with Crippen LogP contribution in [0.5, 0.6) is 5.75 Å². The molecule has 0 spiro atoms. The van der Waals surface area contributed by atoms with Crippen molar-refractivity contribution in [3.8, 4) is 17.2 Å². The number of oxazole rings is 1. The number of carbonyl (C=O) groups excluding carboxylic acids is 1. The van der Waals surface area contributed by atoms with E-state index in [1.54, 1.807) is 11.8 Å². The summed E-state index contributed by atoms with van der Waals surface area (Å²) in [7, 11) is 1.61. The van der Waals surface area contributed by atoms with Crippen LogP contribution in [0.2, 0.25) is 0 Å². The first-order valence-electron chi connectivity index (χ1n) is 10.7. The molecule has 4 rings (SSSR count). The van der Waals surface area contributed by atoms with E-state index in [0.717, 1.165) is 27.9 Å². The second kappa shape index (κ2) is 8.90. The molecule has 1 amide bonds. The van der Waals surface area contributed by atoms with Gasteiger partial charge in [-0.05, 0) is 57.9 Å². The number of benzene rings is 2. The topological polar surface area (TPSA) is 95.1 Å². The molecule has 0 aliphatic heterocycles. The molecular formula is C25H27N5O3. The number of nitrogens with one attached hydrogen (secondary N) is 1. The summed E-state index contributed by atoms with van der Waals surface area (Å²) in [5, 5.41) is 11.3. The second-order valence-corrected chi connectivity index (χ2v) is 8.13. The molecule has 0 atom stereocenters. The highest BCUT2D eigenvalue weighted by Gasteiger charge is 2.21. The van der Waals surface area contributed by atoms with Crippen molar-refractivity contribution in [2.24, 2.45) is 0 Å². The minimum Gasteiger partial charge on any atom is -0.496 e.